The van der Waals surface area contributed by atoms with E-state index in [4.69, 9.17) is 0 Å². The molecule has 1 heterocycles. The lowest BCUT2D eigenvalue weighted by molar-refractivity contribution is -0.125. The number of carbonyl (C=O) groups is 1. The standard InChI is InChI=1S/C15H31N3O/c1-6-8-11(2)16-15(19)14(5)17-18-12(3)9-7-10-13(18)4/h11-14,17H,6-10H2,1-5H3,(H,16,19). The molecule has 2 N–H and O–H groups in total. The lowest BCUT2D eigenvalue weighted by Gasteiger charge is -2.40. The molecule has 0 saturated carbocycles. The van der Waals surface area contributed by atoms with E-state index in [0.29, 0.717) is 12.1 Å². The van der Waals surface area contributed by atoms with Gasteiger partial charge in [-0.25, -0.2) is 10.4 Å². The summed E-state index contributed by atoms with van der Waals surface area (Å²) in [4.78, 5) is 12.1. The SMILES string of the molecule is CCCC(C)NC(=O)C(C)NN1C(C)CCCC1C. The molecule has 0 aliphatic carbocycles. The molecular weight excluding hydrogens is 238 g/mol. The first kappa shape index (κ1) is 16.4. The van der Waals surface area contributed by atoms with Crippen molar-refractivity contribution >= 4 is 5.91 Å². The van der Waals surface area contributed by atoms with Crippen LogP contribution in [0.4, 0.5) is 0 Å². The van der Waals surface area contributed by atoms with Gasteiger partial charge >= 0.3 is 0 Å². The maximum atomic E-state index is 12.1. The van der Waals surface area contributed by atoms with Gasteiger partial charge < -0.3 is 5.32 Å². The minimum Gasteiger partial charge on any atom is -0.352 e. The molecule has 112 valence electrons. The van der Waals surface area contributed by atoms with Crippen LogP contribution < -0.4 is 10.7 Å². The van der Waals surface area contributed by atoms with Crippen LogP contribution in [-0.2, 0) is 4.79 Å². The Morgan fingerprint density at radius 3 is 2.37 bits per heavy atom. The van der Waals surface area contributed by atoms with Crippen molar-refractivity contribution in [2.24, 2.45) is 0 Å². The molecule has 4 nitrogen and oxygen atoms in total. The molecule has 4 heteroatoms. The summed E-state index contributed by atoms with van der Waals surface area (Å²) in [5, 5.41) is 5.33. The van der Waals surface area contributed by atoms with Crippen molar-refractivity contribution < 1.29 is 4.79 Å². The summed E-state index contributed by atoms with van der Waals surface area (Å²) >= 11 is 0. The fraction of sp³-hybridized carbons (Fsp3) is 0.933. The number of hydrazine groups is 1. The highest BCUT2D eigenvalue weighted by molar-refractivity contribution is 5.81. The molecule has 0 spiro atoms. The summed E-state index contributed by atoms with van der Waals surface area (Å²) in [7, 11) is 0. The molecule has 4 atom stereocenters. The van der Waals surface area contributed by atoms with Gasteiger partial charge in [0.15, 0.2) is 0 Å². The fourth-order valence-electron chi connectivity index (χ4n) is 2.83. The van der Waals surface area contributed by atoms with Gasteiger partial charge in [0, 0.05) is 18.1 Å². The van der Waals surface area contributed by atoms with Gasteiger partial charge in [-0.05, 0) is 47.0 Å². The molecule has 19 heavy (non-hydrogen) atoms. The van der Waals surface area contributed by atoms with Gasteiger partial charge in [0.2, 0.25) is 5.91 Å². The number of nitrogens with one attached hydrogen (secondary N) is 2. The lowest BCUT2D eigenvalue weighted by atomic mass is 10.00. The number of rotatable bonds is 6. The highest BCUT2D eigenvalue weighted by Gasteiger charge is 2.27. The molecule has 0 aromatic heterocycles. The normalized spacial score (nSPS) is 27.8. The highest BCUT2D eigenvalue weighted by atomic mass is 16.2. The van der Waals surface area contributed by atoms with Gasteiger partial charge in [0.05, 0.1) is 6.04 Å². The monoisotopic (exact) mass is 269 g/mol. The maximum absolute atomic E-state index is 12.1. The van der Waals surface area contributed by atoms with Crippen LogP contribution in [0.15, 0.2) is 0 Å². The van der Waals surface area contributed by atoms with Crippen LogP contribution in [-0.4, -0.2) is 35.1 Å². The fourth-order valence-corrected chi connectivity index (χ4v) is 2.83. The summed E-state index contributed by atoms with van der Waals surface area (Å²) < 4.78 is 0. The Bertz CT molecular complexity index is 273. The molecule has 1 fully saturated rings. The minimum atomic E-state index is -0.165. The highest BCUT2D eigenvalue weighted by Crippen LogP contribution is 2.20. The van der Waals surface area contributed by atoms with E-state index in [9.17, 15) is 4.79 Å². The zero-order valence-corrected chi connectivity index (χ0v) is 13.2. The number of hydrogen-bond acceptors (Lipinski definition) is 3. The first-order chi connectivity index (χ1) is 8.95. The smallest absolute Gasteiger partial charge is 0.238 e. The Kier molecular flexibility index (Phi) is 6.80. The second-order valence-electron chi connectivity index (χ2n) is 6.09. The molecule has 1 saturated heterocycles. The molecule has 1 rings (SSSR count). The molecule has 4 unspecified atom stereocenters. The average molecular weight is 269 g/mol. The lowest BCUT2D eigenvalue weighted by Crippen LogP contribution is -2.58. The first-order valence-corrected chi connectivity index (χ1v) is 7.80. The molecule has 0 radical (unpaired) electrons. The number of nitrogens with zero attached hydrogens (tertiary/aromatic N) is 1. The van der Waals surface area contributed by atoms with Crippen LogP contribution in [0.25, 0.3) is 0 Å². The Labute approximate surface area is 118 Å². The van der Waals surface area contributed by atoms with Crippen molar-refractivity contribution in [3.8, 4) is 0 Å². The minimum absolute atomic E-state index is 0.103. The van der Waals surface area contributed by atoms with Crippen molar-refractivity contribution in [3.63, 3.8) is 0 Å². The van der Waals surface area contributed by atoms with Gasteiger partial charge in [0.1, 0.15) is 0 Å². The molecule has 0 aromatic carbocycles. The molecular formula is C15H31N3O. The van der Waals surface area contributed by atoms with Crippen molar-refractivity contribution in [1.29, 1.82) is 0 Å². The predicted octanol–water partition coefficient (Wildman–Crippen LogP) is 2.45. The van der Waals surface area contributed by atoms with Crippen LogP contribution in [0.3, 0.4) is 0 Å². The summed E-state index contributed by atoms with van der Waals surface area (Å²) in [6, 6.07) is 1.11. The first-order valence-electron chi connectivity index (χ1n) is 7.80. The second kappa shape index (κ2) is 7.85. The van der Waals surface area contributed by atoms with E-state index in [1.165, 1.54) is 19.3 Å². The number of amides is 1. The third-order valence-electron chi connectivity index (χ3n) is 4.04. The zero-order valence-electron chi connectivity index (χ0n) is 13.2. The van der Waals surface area contributed by atoms with Crippen LogP contribution in [0.1, 0.15) is 66.7 Å². The van der Waals surface area contributed by atoms with E-state index in [1.54, 1.807) is 0 Å². The molecule has 1 aliphatic rings. The van der Waals surface area contributed by atoms with E-state index >= 15 is 0 Å². The van der Waals surface area contributed by atoms with Crippen molar-refractivity contribution in [1.82, 2.24) is 15.8 Å². The quantitative estimate of drug-likeness (QED) is 0.778. The third kappa shape index (κ3) is 5.11. The van der Waals surface area contributed by atoms with Crippen molar-refractivity contribution in [3.05, 3.63) is 0 Å². The Balaban J connectivity index is 2.44. The summed E-state index contributed by atoms with van der Waals surface area (Å²) in [5.74, 6) is 0.103. The summed E-state index contributed by atoms with van der Waals surface area (Å²) in [6.45, 7) is 10.6. The van der Waals surface area contributed by atoms with E-state index in [0.717, 1.165) is 12.8 Å². The van der Waals surface area contributed by atoms with Gasteiger partial charge in [-0.15, -0.1) is 0 Å². The maximum Gasteiger partial charge on any atom is 0.238 e. The number of hydrogen-bond donors (Lipinski definition) is 2. The van der Waals surface area contributed by atoms with E-state index in [1.807, 2.05) is 6.92 Å². The molecule has 1 aliphatic heterocycles. The third-order valence-corrected chi connectivity index (χ3v) is 4.04. The number of carbonyl (C=O) groups excluding carboxylic acids is 1. The largest absolute Gasteiger partial charge is 0.352 e. The van der Waals surface area contributed by atoms with Gasteiger partial charge in [-0.1, -0.05) is 19.8 Å². The molecule has 0 bridgehead atoms. The van der Waals surface area contributed by atoms with Crippen molar-refractivity contribution in [2.75, 3.05) is 0 Å². The Morgan fingerprint density at radius 1 is 1.26 bits per heavy atom. The predicted molar refractivity (Wildman–Crippen MR) is 79.7 cm³/mol. The van der Waals surface area contributed by atoms with E-state index < -0.39 is 0 Å². The van der Waals surface area contributed by atoms with Crippen molar-refractivity contribution in [2.45, 2.75) is 90.9 Å². The molecule has 0 aromatic rings. The van der Waals surface area contributed by atoms with Crippen LogP contribution in [0.5, 0.6) is 0 Å². The number of piperidine rings is 1. The van der Waals surface area contributed by atoms with Gasteiger partial charge in [-0.2, -0.15) is 0 Å². The van der Waals surface area contributed by atoms with Gasteiger partial charge in [-0.3, -0.25) is 4.79 Å². The second-order valence-corrected chi connectivity index (χ2v) is 6.09. The van der Waals surface area contributed by atoms with E-state index in [2.05, 4.69) is 43.4 Å². The van der Waals surface area contributed by atoms with Crippen LogP contribution in [0, 0.1) is 0 Å². The average Bonchev–Trinajstić information content (AvgIpc) is 2.34. The van der Waals surface area contributed by atoms with Crippen LogP contribution in [0.2, 0.25) is 0 Å². The molecule has 1 amide bonds. The summed E-state index contributed by atoms with van der Waals surface area (Å²) in [6.07, 6.45) is 5.84. The Hall–Kier alpha value is -0.610. The van der Waals surface area contributed by atoms with Crippen LogP contribution >= 0.6 is 0 Å². The van der Waals surface area contributed by atoms with E-state index in [-0.39, 0.29) is 18.0 Å². The Morgan fingerprint density at radius 2 is 1.84 bits per heavy atom. The van der Waals surface area contributed by atoms with Gasteiger partial charge in [0.25, 0.3) is 0 Å². The summed E-state index contributed by atoms with van der Waals surface area (Å²) in [5.41, 5.74) is 3.39. The topological polar surface area (TPSA) is 44.4 Å². The zero-order chi connectivity index (χ0) is 14.4.